The van der Waals surface area contributed by atoms with Crippen LogP contribution in [0.2, 0.25) is 0 Å². The van der Waals surface area contributed by atoms with Gasteiger partial charge in [-0.3, -0.25) is 0 Å². The quantitative estimate of drug-likeness (QED) is 0.765. The first-order valence-electron chi connectivity index (χ1n) is 8.34. The van der Waals surface area contributed by atoms with Crippen LogP contribution >= 0.6 is 0 Å². The van der Waals surface area contributed by atoms with Gasteiger partial charge in [-0.05, 0) is 31.9 Å². The Labute approximate surface area is 149 Å². The third-order valence-corrected chi connectivity index (χ3v) is 3.93. The lowest BCUT2D eigenvalue weighted by molar-refractivity contribution is -0.112. The number of nitrogens with zero attached hydrogens (tertiary/aromatic N) is 1. The van der Waals surface area contributed by atoms with Crippen LogP contribution in [0.25, 0.3) is 0 Å². The molecule has 132 valence electrons. The summed E-state index contributed by atoms with van der Waals surface area (Å²) in [5.74, 6) is -0.266. The highest BCUT2D eigenvalue weighted by Gasteiger charge is 2.32. The molecule has 1 atom stereocenters. The molecule has 1 amide bonds. The predicted octanol–water partition coefficient (Wildman–Crippen LogP) is 4.25. The molecule has 0 saturated heterocycles. The minimum atomic E-state index is -0.667. The number of rotatable bonds is 5. The zero-order valence-corrected chi connectivity index (χ0v) is 15.2. The van der Waals surface area contributed by atoms with E-state index in [1.54, 1.807) is 27.8 Å². The van der Waals surface area contributed by atoms with Gasteiger partial charge in [-0.25, -0.2) is 4.79 Å². The largest absolute Gasteiger partial charge is 0.444 e. The normalized spacial score (nSPS) is 12.5. The van der Waals surface area contributed by atoms with E-state index in [4.69, 9.17) is 4.74 Å². The SMILES string of the molecule is CN(C(=O)OC(C)(C)C)[C@H](C=O)C(c1ccccc1)c1ccccc1. The maximum Gasteiger partial charge on any atom is 0.410 e. The van der Waals surface area contributed by atoms with Gasteiger partial charge in [0.25, 0.3) is 0 Å². The molecule has 4 heteroatoms. The van der Waals surface area contributed by atoms with Crippen molar-refractivity contribution in [2.75, 3.05) is 7.05 Å². The molecule has 0 aliphatic carbocycles. The van der Waals surface area contributed by atoms with Gasteiger partial charge in [0.15, 0.2) is 0 Å². The fourth-order valence-electron chi connectivity index (χ4n) is 2.76. The van der Waals surface area contributed by atoms with Crippen molar-refractivity contribution in [2.24, 2.45) is 0 Å². The average Bonchev–Trinajstić information content (AvgIpc) is 2.59. The molecule has 25 heavy (non-hydrogen) atoms. The molecule has 0 aromatic heterocycles. The number of likely N-dealkylation sites (N-methyl/N-ethyl adjacent to an activating group) is 1. The Morgan fingerprint density at radius 2 is 1.40 bits per heavy atom. The summed E-state index contributed by atoms with van der Waals surface area (Å²) in [6, 6.07) is 18.8. The van der Waals surface area contributed by atoms with Crippen LogP contribution in [0.1, 0.15) is 37.8 Å². The molecule has 2 aromatic carbocycles. The number of amides is 1. The molecule has 0 unspecified atom stereocenters. The Hall–Kier alpha value is -2.62. The lowest BCUT2D eigenvalue weighted by Crippen LogP contribution is -2.44. The second-order valence-corrected chi connectivity index (χ2v) is 7.02. The van der Waals surface area contributed by atoms with Crippen LogP contribution in [-0.2, 0) is 9.53 Å². The summed E-state index contributed by atoms with van der Waals surface area (Å²) >= 11 is 0. The third-order valence-electron chi connectivity index (χ3n) is 3.93. The molecule has 2 aromatic rings. The first-order valence-corrected chi connectivity index (χ1v) is 8.34. The van der Waals surface area contributed by atoms with Crippen molar-refractivity contribution in [1.29, 1.82) is 0 Å². The second-order valence-electron chi connectivity index (χ2n) is 7.02. The van der Waals surface area contributed by atoms with Crippen molar-refractivity contribution >= 4 is 12.4 Å². The standard InChI is InChI=1S/C21H25NO3/c1-21(2,3)25-20(24)22(4)18(15-23)19(16-11-7-5-8-12-16)17-13-9-6-10-14-17/h5-15,18-19H,1-4H3/t18-/m1/s1. The van der Waals surface area contributed by atoms with E-state index >= 15 is 0 Å². The van der Waals surface area contributed by atoms with Crippen LogP contribution in [0.3, 0.4) is 0 Å². The van der Waals surface area contributed by atoms with Crippen molar-refractivity contribution in [3.05, 3.63) is 71.8 Å². The molecule has 0 bridgehead atoms. The van der Waals surface area contributed by atoms with Crippen molar-refractivity contribution in [3.8, 4) is 0 Å². The van der Waals surface area contributed by atoms with Crippen molar-refractivity contribution in [1.82, 2.24) is 4.90 Å². The molecule has 2 rings (SSSR count). The van der Waals surface area contributed by atoms with E-state index in [9.17, 15) is 9.59 Å². The summed E-state index contributed by atoms with van der Waals surface area (Å²) in [6.07, 6.45) is 0.302. The van der Waals surface area contributed by atoms with Gasteiger partial charge >= 0.3 is 6.09 Å². The Morgan fingerprint density at radius 3 is 1.76 bits per heavy atom. The lowest BCUT2D eigenvalue weighted by Gasteiger charge is -2.33. The van der Waals surface area contributed by atoms with Crippen molar-refractivity contribution in [2.45, 2.75) is 38.3 Å². The highest BCUT2D eigenvalue weighted by atomic mass is 16.6. The number of hydrogen-bond donors (Lipinski definition) is 0. The zero-order chi connectivity index (χ0) is 18.4. The van der Waals surface area contributed by atoms with E-state index in [2.05, 4.69) is 0 Å². The molecule has 0 N–H and O–H groups in total. The summed E-state index contributed by atoms with van der Waals surface area (Å²) in [4.78, 5) is 25.8. The van der Waals surface area contributed by atoms with Crippen LogP contribution in [0, 0.1) is 0 Å². The Balaban J connectivity index is 2.40. The van der Waals surface area contributed by atoms with Crippen LogP contribution in [0.15, 0.2) is 60.7 Å². The highest BCUT2D eigenvalue weighted by molar-refractivity contribution is 5.75. The van der Waals surface area contributed by atoms with Crippen LogP contribution in [0.5, 0.6) is 0 Å². The molecule has 0 saturated carbocycles. The van der Waals surface area contributed by atoms with Crippen LogP contribution in [0.4, 0.5) is 4.79 Å². The van der Waals surface area contributed by atoms with Gasteiger partial charge < -0.3 is 14.4 Å². The molecule has 0 heterocycles. The van der Waals surface area contributed by atoms with Crippen molar-refractivity contribution < 1.29 is 14.3 Å². The van der Waals surface area contributed by atoms with Gasteiger partial charge in [0.1, 0.15) is 17.9 Å². The number of ether oxygens (including phenoxy) is 1. The average molecular weight is 339 g/mol. The Bertz CT molecular complexity index is 653. The summed E-state index contributed by atoms with van der Waals surface area (Å²) in [5, 5.41) is 0. The number of hydrogen-bond acceptors (Lipinski definition) is 3. The smallest absolute Gasteiger partial charge is 0.410 e. The monoisotopic (exact) mass is 339 g/mol. The number of carbonyl (C=O) groups excluding carboxylic acids is 2. The van der Waals surface area contributed by atoms with Gasteiger partial charge in [0, 0.05) is 13.0 Å². The van der Waals surface area contributed by atoms with E-state index < -0.39 is 17.7 Å². The topological polar surface area (TPSA) is 46.6 Å². The third kappa shape index (κ3) is 4.92. The molecule has 0 aliphatic rings. The minimum Gasteiger partial charge on any atom is -0.444 e. The number of benzene rings is 2. The summed E-state index contributed by atoms with van der Waals surface area (Å²) in [5.41, 5.74) is 1.33. The summed E-state index contributed by atoms with van der Waals surface area (Å²) in [7, 11) is 1.60. The molecule has 0 fully saturated rings. The Kier molecular flexibility index (Phi) is 5.97. The van der Waals surface area contributed by atoms with E-state index in [0.29, 0.717) is 0 Å². The van der Waals surface area contributed by atoms with Crippen LogP contribution < -0.4 is 0 Å². The number of carbonyl (C=O) groups is 2. The molecule has 0 radical (unpaired) electrons. The van der Waals surface area contributed by atoms with Gasteiger partial charge in [0.05, 0.1) is 0 Å². The molecule has 4 nitrogen and oxygen atoms in total. The minimum absolute atomic E-state index is 0.266. The fraction of sp³-hybridized carbons (Fsp3) is 0.333. The summed E-state index contributed by atoms with van der Waals surface area (Å²) < 4.78 is 5.43. The summed E-state index contributed by atoms with van der Waals surface area (Å²) in [6.45, 7) is 5.42. The molecule has 0 aliphatic heterocycles. The van der Waals surface area contributed by atoms with Crippen molar-refractivity contribution in [3.63, 3.8) is 0 Å². The van der Waals surface area contributed by atoms with Gasteiger partial charge in [-0.15, -0.1) is 0 Å². The van der Waals surface area contributed by atoms with Gasteiger partial charge in [0.2, 0.25) is 0 Å². The second kappa shape index (κ2) is 7.97. The molecular formula is C21H25NO3. The number of aldehydes is 1. The van der Waals surface area contributed by atoms with Gasteiger partial charge in [-0.1, -0.05) is 60.7 Å². The van der Waals surface area contributed by atoms with E-state index in [1.807, 2.05) is 60.7 Å². The Morgan fingerprint density at radius 1 is 0.960 bits per heavy atom. The maximum atomic E-state index is 12.5. The van der Waals surface area contributed by atoms with Crippen LogP contribution in [-0.4, -0.2) is 36.0 Å². The van der Waals surface area contributed by atoms with E-state index in [-0.39, 0.29) is 5.92 Å². The first-order chi connectivity index (χ1) is 11.8. The first kappa shape index (κ1) is 18.7. The zero-order valence-electron chi connectivity index (χ0n) is 15.2. The highest BCUT2D eigenvalue weighted by Crippen LogP contribution is 2.30. The fourth-order valence-corrected chi connectivity index (χ4v) is 2.76. The lowest BCUT2D eigenvalue weighted by atomic mass is 9.85. The van der Waals surface area contributed by atoms with Gasteiger partial charge in [-0.2, -0.15) is 0 Å². The van der Waals surface area contributed by atoms with E-state index in [0.717, 1.165) is 17.4 Å². The predicted molar refractivity (Wildman–Crippen MR) is 98.6 cm³/mol. The maximum absolute atomic E-state index is 12.5. The molecular weight excluding hydrogens is 314 g/mol. The van der Waals surface area contributed by atoms with E-state index in [1.165, 1.54) is 4.90 Å². The molecule has 0 spiro atoms.